The maximum Gasteiger partial charge on any atom is 0.284 e. The van der Waals surface area contributed by atoms with Gasteiger partial charge in [-0.1, -0.05) is 6.07 Å². The molecule has 0 fully saturated rings. The highest BCUT2D eigenvalue weighted by atomic mass is 16.7. The Hall–Kier alpha value is -1.75. The van der Waals surface area contributed by atoms with E-state index in [9.17, 15) is 15.0 Å². The van der Waals surface area contributed by atoms with Crippen LogP contribution in [0.3, 0.4) is 0 Å². The van der Waals surface area contributed by atoms with Gasteiger partial charge in [0.2, 0.25) is 0 Å². The third-order valence-corrected chi connectivity index (χ3v) is 1.79. The molecule has 0 aliphatic carbocycles. The number of benzene rings is 1. The fraction of sp³-hybridized carbons (Fsp3) is 0.222. The standard InChI is InChI=1S/C9H11NO4/c1-10(14-2)9(13)8-6(11)4-3-5-7(8)12/h3-5,11-12H,1-2H3. The van der Waals surface area contributed by atoms with E-state index in [0.717, 1.165) is 5.06 Å². The van der Waals surface area contributed by atoms with E-state index in [1.165, 1.54) is 32.4 Å². The molecule has 1 rings (SSSR count). The quantitative estimate of drug-likeness (QED) is 0.686. The van der Waals surface area contributed by atoms with Gasteiger partial charge >= 0.3 is 0 Å². The highest BCUT2D eigenvalue weighted by Crippen LogP contribution is 2.27. The molecular weight excluding hydrogens is 186 g/mol. The van der Waals surface area contributed by atoms with Gasteiger partial charge < -0.3 is 10.2 Å². The zero-order chi connectivity index (χ0) is 10.7. The van der Waals surface area contributed by atoms with E-state index in [0.29, 0.717) is 0 Å². The summed E-state index contributed by atoms with van der Waals surface area (Å²) in [6.45, 7) is 0. The number of hydroxylamine groups is 2. The number of nitrogens with zero attached hydrogens (tertiary/aromatic N) is 1. The third kappa shape index (κ3) is 1.77. The predicted molar refractivity (Wildman–Crippen MR) is 48.9 cm³/mol. The number of hydrogen-bond acceptors (Lipinski definition) is 4. The first-order chi connectivity index (χ1) is 6.57. The molecule has 14 heavy (non-hydrogen) atoms. The Morgan fingerprint density at radius 2 is 1.86 bits per heavy atom. The summed E-state index contributed by atoms with van der Waals surface area (Å²) in [5, 5.41) is 19.6. The fourth-order valence-electron chi connectivity index (χ4n) is 0.988. The molecule has 0 aliphatic rings. The second-order valence-electron chi connectivity index (χ2n) is 2.66. The van der Waals surface area contributed by atoms with Crippen LogP contribution in [-0.4, -0.2) is 35.3 Å². The van der Waals surface area contributed by atoms with Gasteiger partial charge in [0, 0.05) is 7.05 Å². The van der Waals surface area contributed by atoms with E-state index < -0.39 is 5.91 Å². The van der Waals surface area contributed by atoms with Crippen molar-refractivity contribution in [2.45, 2.75) is 0 Å². The highest BCUT2D eigenvalue weighted by molar-refractivity contribution is 5.98. The number of rotatable bonds is 2. The predicted octanol–water partition coefficient (Wildman–Crippen LogP) is 0.731. The van der Waals surface area contributed by atoms with Crippen molar-refractivity contribution in [3.05, 3.63) is 23.8 Å². The van der Waals surface area contributed by atoms with Crippen LogP contribution in [0.5, 0.6) is 11.5 Å². The number of hydrogen-bond donors (Lipinski definition) is 2. The summed E-state index contributed by atoms with van der Waals surface area (Å²) in [6.07, 6.45) is 0. The average Bonchev–Trinajstić information content (AvgIpc) is 2.16. The second kappa shape index (κ2) is 3.97. The van der Waals surface area contributed by atoms with Gasteiger partial charge in [0.15, 0.2) is 0 Å². The van der Waals surface area contributed by atoms with E-state index in [1.54, 1.807) is 0 Å². The van der Waals surface area contributed by atoms with Crippen LogP contribution in [0.2, 0.25) is 0 Å². The van der Waals surface area contributed by atoms with Crippen LogP contribution in [-0.2, 0) is 4.84 Å². The molecule has 1 aromatic rings. The topological polar surface area (TPSA) is 70.0 Å². The molecule has 0 unspecified atom stereocenters. The van der Waals surface area contributed by atoms with Crippen LogP contribution in [0.4, 0.5) is 0 Å². The molecule has 76 valence electrons. The average molecular weight is 197 g/mol. The molecule has 0 aromatic heterocycles. The van der Waals surface area contributed by atoms with Crippen molar-refractivity contribution < 1.29 is 19.8 Å². The maximum absolute atomic E-state index is 11.5. The van der Waals surface area contributed by atoms with Crippen LogP contribution in [0.1, 0.15) is 10.4 Å². The number of amides is 1. The molecule has 0 saturated carbocycles. The van der Waals surface area contributed by atoms with E-state index in [1.807, 2.05) is 0 Å². The Morgan fingerprint density at radius 3 is 2.29 bits per heavy atom. The summed E-state index contributed by atoms with van der Waals surface area (Å²) < 4.78 is 0. The van der Waals surface area contributed by atoms with Gasteiger partial charge in [0.25, 0.3) is 5.91 Å². The van der Waals surface area contributed by atoms with Crippen molar-refractivity contribution in [1.29, 1.82) is 0 Å². The molecule has 0 atom stereocenters. The summed E-state index contributed by atoms with van der Waals surface area (Å²) in [6, 6.07) is 4.07. The lowest BCUT2D eigenvalue weighted by Crippen LogP contribution is -2.25. The maximum atomic E-state index is 11.5. The summed E-state index contributed by atoms with van der Waals surface area (Å²) in [5.74, 6) is -1.17. The number of carbonyl (C=O) groups is 1. The molecule has 0 heterocycles. The zero-order valence-electron chi connectivity index (χ0n) is 7.89. The molecule has 0 radical (unpaired) electrons. The van der Waals surface area contributed by atoms with E-state index in [2.05, 4.69) is 4.84 Å². The lowest BCUT2D eigenvalue weighted by atomic mass is 10.1. The smallest absolute Gasteiger partial charge is 0.284 e. The summed E-state index contributed by atoms with van der Waals surface area (Å²) in [5.41, 5.74) is -0.170. The Morgan fingerprint density at radius 1 is 1.36 bits per heavy atom. The van der Waals surface area contributed by atoms with Crippen LogP contribution >= 0.6 is 0 Å². The molecule has 2 N–H and O–H groups in total. The molecule has 0 aliphatic heterocycles. The molecule has 1 aromatic carbocycles. The minimum atomic E-state index is -0.608. The largest absolute Gasteiger partial charge is 0.507 e. The molecule has 0 spiro atoms. The molecule has 1 amide bonds. The molecule has 0 saturated heterocycles. The first-order valence-electron chi connectivity index (χ1n) is 3.91. The number of carbonyl (C=O) groups excluding carboxylic acids is 1. The van der Waals surface area contributed by atoms with Gasteiger partial charge in [-0.05, 0) is 12.1 Å². The van der Waals surface area contributed by atoms with Crippen molar-refractivity contribution in [2.75, 3.05) is 14.2 Å². The first-order valence-corrected chi connectivity index (χ1v) is 3.91. The molecule has 0 bridgehead atoms. The van der Waals surface area contributed by atoms with Crippen molar-refractivity contribution in [1.82, 2.24) is 5.06 Å². The highest BCUT2D eigenvalue weighted by Gasteiger charge is 2.19. The number of phenols is 2. The lowest BCUT2D eigenvalue weighted by molar-refractivity contribution is -0.0759. The van der Waals surface area contributed by atoms with Crippen LogP contribution < -0.4 is 0 Å². The van der Waals surface area contributed by atoms with Crippen LogP contribution in [0.15, 0.2) is 18.2 Å². The minimum absolute atomic E-state index is 0.170. The van der Waals surface area contributed by atoms with Gasteiger partial charge in [-0.25, -0.2) is 5.06 Å². The van der Waals surface area contributed by atoms with Gasteiger partial charge in [-0.15, -0.1) is 0 Å². The summed E-state index contributed by atoms with van der Waals surface area (Å²) >= 11 is 0. The lowest BCUT2D eigenvalue weighted by Gasteiger charge is -2.14. The Labute approximate surface area is 81.1 Å². The van der Waals surface area contributed by atoms with Gasteiger partial charge in [0.1, 0.15) is 17.1 Å². The Bertz CT molecular complexity index is 330. The molecular formula is C9H11NO4. The molecule has 5 nitrogen and oxygen atoms in total. The van der Waals surface area contributed by atoms with Gasteiger partial charge in [-0.2, -0.15) is 0 Å². The summed E-state index contributed by atoms with van der Waals surface area (Å²) in [4.78, 5) is 16.1. The van der Waals surface area contributed by atoms with E-state index in [4.69, 9.17) is 0 Å². The number of aromatic hydroxyl groups is 2. The zero-order valence-corrected chi connectivity index (χ0v) is 7.89. The van der Waals surface area contributed by atoms with Gasteiger partial charge in [-0.3, -0.25) is 9.63 Å². The van der Waals surface area contributed by atoms with E-state index >= 15 is 0 Å². The molecule has 5 heteroatoms. The second-order valence-corrected chi connectivity index (χ2v) is 2.66. The normalized spacial score (nSPS) is 9.86. The van der Waals surface area contributed by atoms with Crippen molar-refractivity contribution in [2.24, 2.45) is 0 Å². The summed E-state index contributed by atoms with van der Waals surface area (Å²) in [7, 11) is 2.70. The van der Waals surface area contributed by atoms with Crippen molar-refractivity contribution >= 4 is 5.91 Å². The number of phenolic OH excluding ortho intramolecular Hbond substituents is 2. The Balaban J connectivity index is 3.12. The van der Waals surface area contributed by atoms with Crippen molar-refractivity contribution in [3.63, 3.8) is 0 Å². The van der Waals surface area contributed by atoms with Crippen LogP contribution in [0.25, 0.3) is 0 Å². The fourth-order valence-corrected chi connectivity index (χ4v) is 0.988. The van der Waals surface area contributed by atoms with Crippen LogP contribution in [0, 0.1) is 0 Å². The van der Waals surface area contributed by atoms with Crippen molar-refractivity contribution in [3.8, 4) is 11.5 Å². The van der Waals surface area contributed by atoms with Gasteiger partial charge in [0.05, 0.1) is 7.11 Å². The first kappa shape index (κ1) is 10.3. The van der Waals surface area contributed by atoms with E-state index in [-0.39, 0.29) is 17.1 Å². The monoisotopic (exact) mass is 197 g/mol. The minimum Gasteiger partial charge on any atom is -0.507 e. The Kier molecular flexibility index (Phi) is 2.93. The SMILES string of the molecule is CON(C)C(=O)c1c(O)cccc1O. The third-order valence-electron chi connectivity index (χ3n) is 1.79.